The van der Waals surface area contributed by atoms with Gasteiger partial charge in [0.05, 0.1) is 6.10 Å². The van der Waals surface area contributed by atoms with E-state index in [4.69, 9.17) is 21.1 Å². The topological polar surface area (TPSA) is 30.5 Å². The third-order valence-corrected chi connectivity index (χ3v) is 4.47. The summed E-state index contributed by atoms with van der Waals surface area (Å²) >= 11 is 6.17. The Kier molecular flexibility index (Phi) is 6.80. The first kappa shape index (κ1) is 18.5. The fourth-order valence-corrected chi connectivity index (χ4v) is 2.43. The molecule has 130 valence electrons. The summed E-state index contributed by atoms with van der Waals surface area (Å²) in [6.45, 7) is 9.48. The van der Waals surface area contributed by atoms with Crippen LogP contribution in [0.5, 0.6) is 11.5 Å². The van der Waals surface area contributed by atoms with Crippen LogP contribution in [0.25, 0.3) is 0 Å². The first-order valence-electron chi connectivity index (χ1n) is 8.39. The molecular formula is C20H26ClNO2. The molecular weight excluding hydrogens is 322 g/mol. The number of hydrogen-bond acceptors (Lipinski definition) is 3. The van der Waals surface area contributed by atoms with Crippen molar-refractivity contribution in [3.8, 4) is 11.5 Å². The monoisotopic (exact) mass is 347 g/mol. The van der Waals surface area contributed by atoms with Crippen LogP contribution in [0.2, 0.25) is 5.02 Å². The van der Waals surface area contributed by atoms with E-state index in [1.807, 2.05) is 50.2 Å². The van der Waals surface area contributed by atoms with Gasteiger partial charge in [-0.2, -0.15) is 0 Å². The molecule has 1 unspecified atom stereocenters. The molecule has 2 aromatic carbocycles. The van der Waals surface area contributed by atoms with Gasteiger partial charge in [0.2, 0.25) is 0 Å². The van der Waals surface area contributed by atoms with Gasteiger partial charge in [0.25, 0.3) is 0 Å². The molecule has 0 saturated heterocycles. The lowest BCUT2D eigenvalue weighted by atomic mass is 10.1. The minimum Gasteiger partial charge on any atom is -0.492 e. The van der Waals surface area contributed by atoms with Gasteiger partial charge in [-0.3, -0.25) is 0 Å². The van der Waals surface area contributed by atoms with Crippen molar-refractivity contribution in [1.29, 1.82) is 0 Å². The molecule has 0 spiro atoms. The van der Waals surface area contributed by atoms with E-state index in [0.29, 0.717) is 6.61 Å². The lowest BCUT2D eigenvalue weighted by molar-refractivity contribution is 0.217. The summed E-state index contributed by atoms with van der Waals surface area (Å²) in [4.78, 5) is 0. The Morgan fingerprint density at radius 2 is 1.67 bits per heavy atom. The normalized spacial score (nSPS) is 11.9. The lowest BCUT2D eigenvalue weighted by Crippen LogP contribution is -2.12. The third-order valence-electron chi connectivity index (χ3n) is 3.88. The second kappa shape index (κ2) is 8.84. The van der Waals surface area contributed by atoms with E-state index in [9.17, 15) is 0 Å². The lowest BCUT2D eigenvalue weighted by Gasteiger charge is -2.14. The zero-order chi connectivity index (χ0) is 17.5. The highest BCUT2D eigenvalue weighted by atomic mass is 35.5. The number of aryl methyl sites for hydroxylation is 2. The van der Waals surface area contributed by atoms with Crippen LogP contribution in [0.4, 0.5) is 5.69 Å². The van der Waals surface area contributed by atoms with Crippen LogP contribution < -0.4 is 14.8 Å². The molecule has 2 rings (SSSR count). The van der Waals surface area contributed by atoms with Crippen molar-refractivity contribution in [3.05, 3.63) is 52.5 Å². The summed E-state index contributed by atoms with van der Waals surface area (Å²) in [7, 11) is 0. The van der Waals surface area contributed by atoms with Crippen LogP contribution in [0.1, 0.15) is 31.4 Å². The Hall–Kier alpha value is -1.87. The number of ether oxygens (including phenoxy) is 2. The van der Waals surface area contributed by atoms with Crippen LogP contribution in [-0.4, -0.2) is 19.3 Å². The maximum Gasteiger partial charge on any atom is 0.120 e. The minimum absolute atomic E-state index is 0.239. The molecule has 1 N–H and O–H groups in total. The molecule has 0 aliphatic heterocycles. The first-order chi connectivity index (χ1) is 11.5. The summed E-state index contributed by atoms with van der Waals surface area (Å²) in [5.41, 5.74) is 3.13. The highest BCUT2D eigenvalue weighted by Gasteiger charge is 2.04. The van der Waals surface area contributed by atoms with Crippen LogP contribution >= 0.6 is 11.6 Å². The average molecular weight is 348 g/mol. The molecule has 0 amide bonds. The summed E-state index contributed by atoms with van der Waals surface area (Å²) in [5.74, 6) is 1.76. The maximum atomic E-state index is 6.17. The highest BCUT2D eigenvalue weighted by molar-refractivity contribution is 6.32. The van der Waals surface area contributed by atoms with Crippen LogP contribution in [-0.2, 0) is 0 Å². The second-order valence-electron chi connectivity index (χ2n) is 6.01. The predicted molar refractivity (Wildman–Crippen MR) is 102 cm³/mol. The first-order valence-corrected chi connectivity index (χ1v) is 8.77. The molecule has 0 bridgehead atoms. The molecule has 0 aromatic heterocycles. The average Bonchev–Trinajstić information content (AvgIpc) is 2.57. The molecule has 3 nitrogen and oxygen atoms in total. The molecule has 0 aliphatic carbocycles. The van der Waals surface area contributed by atoms with Gasteiger partial charge >= 0.3 is 0 Å². The minimum atomic E-state index is 0.239. The predicted octanol–water partition coefficient (Wildman–Crippen LogP) is 5.63. The van der Waals surface area contributed by atoms with E-state index in [1.165, 1.54) is 0 Å². The van der Waals surface area contributed by atoms with Crippen molar-refractivity contribution >= 4 is 17.3 Å². The number of hydrogen-bond donors (Lipinski definition) is 1. The van der Waals surface area contributed by atoms with Gasteiger partial charge in [0.15, 0.2) is 0 Å². The van der Waals surface area contributed by atoms with E-state index in [2.05, 4.69) is 19.2 Å². The van der Waals surface area contributed by atoms with E-state index in [1.54, 1.807) is 0 Å². The van der Waals surface area contributed by atoms with E-state index < -0.39 is 0 Å². The molecule has 1 atom stereocenters. The van der Waals surface area contributed by atoms with Crippen LogP contribution in [0.3, 0.4) is 0 Å². The number of anilines is 1. The summed E-state index contributed by atoms with van der Waals surface area (Å²) < 4.78 is 11.6. The zero-order valence-corrected chi connectivity index (χ0v) is 15.6. The zero-order valence-electron chi connectivity index (χ0n) is 14.9. The Bertz CT molecular complexity index is 632. The molecule has 0 saturated carbocycles. The number of rotatable bonds is 8. The van der Waals surface area contributed by atoms with E-state index >= 15 is 0 Å². The number of nitrogens with one attached hydrogen (secondary N) is 1. The molecule has 0 heterocycles. The van der Waals surface area contributed by atoms with Crippen molar-refractivity contribution in [2.75, 3.05) is 18.5 Å². The van der Waals surface area contributed by atoms with Gasteiger partial charge in [0, 0.05) is 17.3 Å². The molecule has 4 heteroatoms. The highest BCUT2D eigenvalue weighted by Crippen LogP contribution is 2.25. The molecule has 0 aliphatic rings. The van der Waals surface area contributed by atoms with Gasteiger partial charge in [-0.1, -0.05) is 18.5 Å². The smallest absolute Gasteiger partial charge is 0.120 e. The second-order valence-corrected chi connectivity index (χ2v) is 6.39. The SMILES string of the molecule is CCC(C)Oc1ccc(NCCOc2cc(C)c(Cl)c(C)c2)cc1. The largest absolute Gasteiger partial charge is 0.492 e. The van der Waals surface area contributed by atoms with Gasteiger partial charge in [-0.05, 0) is 74.7 Å². The van der Waals surface area contributed by atoms with Gasteiger partial charge in [-0.15, -0.1) is 0 Å². The standard InChI is InChI=1S/C20H26ClNO2/c1-5-16(4)24-18-8-6-17(7-9-18)22-10-11-23-19-12-14(2)20(21)15(3)13-19/h6-9,12-13,16,22H,5,10-11H2,1-4H3. The molecule has 2 aromatic rings. The number of benzene rings is 2. The third kappa shape index (κ3) is 5.34. The molecule has 24 heavy (non-hydrogen) atoms. The van der Waals surface area contributed by atoms with Gasteiger partial charge in [0.1, 0.15) is 18.1 Å². The fourth-order valence-electron chi connectivity index (χ4n) is 2.32. The summed E-state index contributed by atoms with van der Waals surface area (Å²) in [6.07, 6.45) is 1.24. The van der Waals surface area contributed by atoms with E-state index in [-0.39, 0.29) is 6.10 Å². The van der Waals surface area contributed by atoms with Crippen LogP contribution in [0, 0.1) is 13.8 Å². The van der Waals surface area contributed by atoms with Gasteiger partial charge in [-0.25, -0.2) is 0 Å². The van der Waals surface area contributed by atoms with Crippen molar-refractivity contribution in [2.45, 2.75) is 40.2 Å². The van der Waals surface area contributed by atoms with Gasteiger partial charge < -0.3 is 14.8 Å². The van der Waals surface area contributed by atoms with Crippen molar-refractivity contribution < 1.29 is 9.47 Å². The summed E-state index contributed by atoms with van der Waals surface area (Å²) in [5, 5.41) is 4.15. The van der Waals surface area contributed by atoms with Crippen molar-refractivity contribution in [3.63, 3.8) is 0 Å². The van der Waals surface area contributed by atoms with Crippen LogP contribution in [0.15, 0.2) is 36.4 Å². The van der Waals surface area contributed by atoms with Crippen molar-refractivity contribution in [1.82, 2.24) is 0 Å². The Balaban J connectivity index is 1.78. The molecule has 0 fully saturated rings. The Morgan fingerprint density at radius 3 is 2.25 bits per heavy atom. The number of halogens is 1. The molecule has 0 radical (unpaired) electrons. The van der Waals surface area contributed by atoms with E-state index in [0.717, 1.165) is 46.3 Å². The van der Waals surface area contributed by atoms with Crippen molar-refractivity contribution in [2.24, 2.45) is 0 Å². The summed E-state index contributed by atoms with van der Waals surface area (Å²) in [6, 6.07) is 12.0. The Morgan fingerprint density at radius 1 is 1.04 bits per heavy atom. The Labute approximate surface area is 149 Å². The maximum absolute atomic E-state index is 6.17. The fraction of sp³-hybridized carbons (Fsp3) is 0.400. The quantitative estimate of drug-likeness (QED) is 0.628.